The average Bonchev–Trinajstić information content (AvgIpc) is 2.96. The maximum Gasteiger partial charge on any atom is 0.252 e. The summed E-state index contributed by atoms with van der Waals surface area (Å²) in [6.07, 6.45) is 3.57. The quantitative estimate of drug-likeness (QED) is 0.797. The van der Waals surface area contributed by atoms with E-state index in [0.29, 0.717) is 29.2 Å². The second kappa shape index (κ2) is 5.93. The minimum atomic E-state index is -3.34. The molecule has 2 aliphatic rings. The van der Waals surface area contributed by atoms with Gasteiger partial charge < -0.3 is 0 Å². The minimum absolute atomic E-state index is 0.372. The fraction of sp³-hybridized carbons (Fsp3) is 0.692. The van der Waals surface area contributed by atoms with E-state index in [0.717, 1.165) is 24.4 Å². The molecule has 1 aromatic heterocycles. The molecule has 1 atom stereocenters. The fourth-order valence-electron chi connectivity index (χ4n) is 3.04. The van der Waals surface area contributed by atoms with Gasteiger partial charge in [-0.05, 0) is 31.5 Å². The van der Waals surface area contributed by atoms with Crippen molar-refractivity contribution in [3.8, 4) is 0 Å². The zero-order valence-electron chi connectivity index (χ0n) is 11.3. The van der Waals surface area contributed by atoms with Gasteiger partial charge >= 0.3 is 0 Å². The Morgan fingerprint density at radius 3 is 2.85 bits per heavy atom. The Morgan fingerprint density at radius 1 is 1.25 bits per heavy atom. The first-order valence-corrected chi connectivity index (χ1v) is 9.79. The Morgan fingerprint density at radius 2 is 2.10 bits per heavy atom. The van der Waals surface area contributed by atoms with Crippen molar-refractivity contribution >= 4 is 33.0 Å². The second-order valence-electron chi connectivity index (χ2n) is 5.40. The first-order valence-electron chi connectivity index (χ1n) is 7.00. The van der Waals surface area contributed by atoms with Crippen LogP contribution in [-0.4, -0.2) is 49.8 Å². The first-order chi connectivity index (χ1) is 9.61. The molecule has 4 nitrogen and oxygen atoms in total. The van der Waals surface area contributed by atoms with E-state index >= 15 is 0 Å². The van der Waals surface area contributed by atoms with Crippen LogP contribution in [0.5, 0.6) is 0 Å². The van der Waals surface area contributed by atoms with Crippen LogP contribution < -0.4 is 0 Å². The first kappa shape index (κ1) is 14.8. The molecule has 2 fully saturated rings. The summed E-state index contributed by atoms with van der Waals surface area (Å²) in [5, 5.41) is 0. The van der Waals surface area contributed by atoms with Gasteiger partial charge in [0.15, 0.2) is 0 Å². The van der Waals surface area contributed by atoms with Crippen LogP contribution in [0, 0.1) is 0 Å². The Hall–Kier alpha value is -0.140. The van der Waals surface area contributed by atoms with Gasteiger partial charge in [-0.2, -0.15) is 4.31 Å². The number of hydrogen-bond donors (Lipinski definition) is 0. The molecule has 112 valence electrons. The fourth-order valence-corrected chi connectivity index (χ4v) is 6.12. The third-order valence-corrected chi connectivity index (χ3v) is 8.03. The lowest BCUT2D eigenvalue weighted by Crippen LogP contribution is -2.55. The summed E-state index contributed by atoms with van der Waals surface area (Å²) in [6, 6.07) is 3.89. The van der Waals surface area contributed by atoms with Crippen LogP contribution in [0.15, 0.2) is 16.3 Å². The molecule has 3 heterocycles. The van der Waals surface area contributed by atoms with Crippen LogP contribution in [0.25, 0.3) is 0 Å². The van der Waals surface area contributed by atoms with E-state index in [1.54, 1.807) is 16.4 Å². The Balaban J connectivity index is 1.77. The van der Waals surface area contributed by atoms with E-state index < -0.39 is 10.0 Å². The lowest BCUT2D eigenvalue weighted by Gasteiger charge is -2.43. The number of halogens is 1. The van der Waals surface area contributed by atoms with Crippen LogP contribution in [0.1, 0.15) is 24.1 Å². The summed E-state index contributed by atoms with van der Waals surface area (Å²) < 4.78 is 27.4. The standard InChI is InChI=1S/C13H19ClN2O2S2/c14-9-12-4-5-13(19-12)20(17,18)16-8-7-15-6-2-1-3-11(15)10-16/h4-5,11H,1-3,6-10H2. The Labute approximate surface area is 129 Å². The van der Waals surface area contributed by atoms with Gasteiger partial charge in [-0.3, -0.25) is 4.90 Å². The van der Waals surface area contributed by atoms with Crippen LogP contribution in [0.2, 0.25) is 0 Å². The predicted octanol–water partition coefficient (Wildman–Crippen LogP) is 2.35. The maximum atomic E-state index is 12.7. The third-order valence-electron chi connectivity index (χ3n) is 4.16. The largest absolute Gasteiger partial charge is 0.298 e. The van der Waals surface area contributed by atoms with Gasteiger partial charge in [0.2, 0.25) is 0 Å². The second-order valence-corrected chi connectivity index (χ2v) is 9.00. The highest BCUT2D eigenvalue weighted by Gasteiger charge is 2.35. The smallest absolute Gasteiger partial charge is 0.252 e. The van der Waals surface area contributed by atoms with E-state index in [4.69, 9.17) is 11.6 Å². The maximum absolute atomic E-state index is 12.7. The average molecular weight is 335 g/mol. The molecular weight excluding hydrogens is 316 g/mol. The van der Waals surface area contributed by atoms with E-state index in [-0.39, 0.29) is 0 Å². The number of sulfonamides is 1. The van der Waals surface area contributed by atoms with Crippen molar-refractivity contribution in [2.24, 2.45) is 0 Å². The molecule has 0 spiro atoms. The van der Waals surface area contributed by atoms with E-state index in [9.17, 15) is 8.42 Å². The summed E-state index contributed by atoms with van der Waals surface area (Å²) in [4.78, 5) is 3.34. The summed E-state index contributed by atoms with van der Waals surface area (Å²) in [6.45, 7) is 3.22. The lowest BCUT2D eigenvalue weighted by molar-refractivity contribution is 0.0852. The number of piperazine rings is 1. The number of fused-ring (bicyclic) bond motifs is 1. The van der Waals surface area contributed by atoms with Crippen LogP contribution in [0.3, 0.4) is 0 Å². The highest BCUT2D eigenvalue weighted by atomic mass is 35.5. The summed E-state index contributed by atoms with van der Waals surface area (Å²) >= 11 is 7.05. The Kier molecular flexibility index (Phi) is 4.38. The normalized spacial score (nSPS) is 25.6. The number of alkyl halides is 1. The minimum Gasteiger partial charge on any atom is -0.298 e. The van der Waals surface area contributed by atoms with Crippen molar-refractivity contribution in [2.45, 2.75) is 35.4 Å². The molecule has 0 saturated carbocycles. The van der Waals surface area contributed by atoms with Crippen molar-refractivity contribution < 1.29 is 8.42 Å². The number of piperidine rings is 1. The number of rotatable bonds is 3. The molecule has 0 aliphatic carbocycles. The van der Waals surface area contributed by atoms with E-state index in [1.165, 1.54) is 24.2 Å². The van der Waals surface area contributed by atoms with E-state index in [1.807, 2.05) is 0 Å². The third kappa shape index (κ3) is 2.76. The van der Waals surface area contributed by atoms with Gasteiger partial charge in [-0.1, -0.05) is 6.42 Å². The summed E-state index contributed by atoms with van der Waals surface area (Å²) in [7, 11) is -3.34. The predicted molar refractivity (Wildman–Crippen MR) is 81.8 cm³/mol. The zero-order chi connectivity index (χ0) is 14.2. The van der Waals surface area contributed by atoms with Crippen molar-refractivity contribution in [3.63, 3.8) is 0 Å². The van der Waals surface area contributed by atoms with Crippen molar-refractivity contribution in [1.29, 1.82) is 0 Å². The van der Waals surface area contributed by atoms with Crippen molar-refractivity contribution in [3.05, 3.63) is 17.0 Å². The molecule has 0 radical (unpaired) electrons. The van der Waals surface area contributed by atoms with Gasteiger partial charge in [0.25, 0.3) is 10.0 Å². The monoisotopic (exact) mass is 334 g/mol. The SMILES string of the molecule is O=S(=O)(c1ccc(CCl)s1)N1CCN2CCCCC2C1. The van der Waals surface area contributed by atoms with Gasteiger partial charge in [0.05, 0.1) is 5.88 Å². The molecule has 0 N–H and O–H groups in total. The Bertz CT molecular complexity index is 573. The number of hydrogen-bond acceptors (Lipinski definition) is 4. The zero-order valence-corrected chi connectivity index (χ0v) is 13.7. The topological polar surface area (TPSA) is 40.6 Å². The number of thiophene rings is 1. The van der Waals surface area contributed by atoms with Crippen LogP contribution in [-0.2, 0) is 15.9 Å². The molecule has 1 aromatic rings. The van der Waals surface area contributed by atoms with Gasteiger partial charge in [-0.15, -0.1) is 22.9 Å². The molecular formula is C13H19ClN2O2S2. The molecule has 0 amide bonds. The highest BCUT2D eigenvalue weighted by molar-refractivity contribution is 7.91. The molecule has 20 heavy (non-hydrogen) atoms. The van der Waals surface area contributed by atoms with Gasteiger partial charge in [0, 0.05) is 30.6 Å². The molecule has 0 aromatic carbocycles. The van der Waals surface area contributed by atoms with Crippen LogP contribution >= 0.6 is 22.9 Å². The molecule has 0 bridgehead atoms. The molecule has 7 heteroatoms. The highest BCUT2D eigenvalue weighted by Crippen LogP contribution is 2.29. The lowest BCUT2D eigenvalue weighted by atomic mass is 10.0. The van der Waals surface area contributed by atoms with Gasteiger partial charge in [0.1, 0.15) is 4.21 Å². The molecule has 1 unspecified atom stereocenters. The molecule has 2 aliphatic heterocycles. The van der Waals surface area contributed by atoms with E-state index in [2.05, 4.69) is 4.90 Å². The summed E-state index contributed by atoms with van der Waals surface area (Å²) in [5.74, 6) is 0.372. The molecule has 3 rings (SSSR count). The van der Waals surface area contributed by atoms with Crippen LogP contribution in [0.4, 0.5) is 0 Å². The van der Waals surface area contributed by atoms with Crippen molar-refractivity contribution in [1.82, 2.24) is 9.21 Å². The van der Waals surface area contributed by atoms with Crippen molar-refractivity contribution in [2.75, 3.05) is 26.2 Å². The van der Waals surface area contributed by atoms with Gasteiger partial charge in [-0.25, -0.2) is 8.42 Å². The number of nitrogens with zero attached hydrogens (tertiary/aromatic N) is 2. The summed E-state index contributed by atoms with van der Waals surface area (Å²) in [5.41, 5.74) is 0. The molecule has 2 saturated heterocycles.